The molecule has 1 heterocycles. The third-order valence-corrected chi connectivity index (χ3v) is 5.96. The first-order chi connectivity index (χ1) is 13.7. The predicted molar refractivity (Wildman–Crippen MR) is 109 cm³/mol. The van der Waals surface area contributed by atoms with Crippen molar-refractivity contribution in [1.29, 1.82) is 0 Å². The summed E-state index contributed by atoms with van der Waals surface area (Å²) in [4.78, 5) is 25.0. The number of nitrogens with one attached hydrogen (secondary N) is 1. The van der Waals surface area contributed by atoms with Gasteiger partial charge in [0.2, 0.25) is 5.91 Å². The van der Waals surface area contributed by atoms with Crippen LogP contribution in [0.1, 0.15) is 63.8 Å². The number of rotatable bonds is 8. The molecular formula is C22H30N4O2. The molecule has 0 atom stereocenters. The molecule has 6 nitrogen and oxygen atoms in total. The van der Waals surface area contributed by atoms with Gasteiger partial charge in [-0.25, -0.2) is 9.48 Å². The second-order valence-electron chi connectivity index (χ2n) is 8.19. The zero-order valence-electron chi connectivity index (χ0n) is 16.5. The van der Waals surface area contributed by atoms with Gasteiger partial charge >= 0.3 is 5.69 Å². The SMILES string of the molecule is O=C(CCC1CCCCC1)NCCn1nc(-c2ccccc2)n(C2CC2)c1=O. The fraction of sp³-hybridized carbons (Fsp3) is 0.591. The Bertz CT molecular complexity index is 845. The minimum absolute atomic E-state index is 0.0715. The molecule has 2 aromatic rings. The van der Waals surface area contributed by atoms with Gasteiger partial charge < -0.3 is 5.32 Å². The minimum atomic E-state index is -0.0715. The number of carbonyl (C=O) groups excluding carboxylic acids is 1. The number of carbonyl (C=O) groups is 1. The third-order valence-electron chi connectivity index (χ3n) is 5.96. The van der Waals surface area contributed by atoms with E-state index in [1.807, 2.05) is 34.9 Å². The Kier molecular flexibility index (Phi) is 5.93. The van der Waals surface area contributed by atoms with Crippen LogP contribution in [0.15, 0.2) is 35.1 Å². The number of hydrogen-bond acceptors (Lipinski definition) is 3. The third kappa shape index (κ3) is 4.54. The fourth-order valence-corrected chi connectivity index (χ4v) is 4.21. The summed E-state index contributed by atoms with van der Waals surface area (Å²) in [5.74, 6) is 1.53. The minimum Gasteiger partial charge on any atom is -0.354 e. The molecule has 6 heteroatoms. The van der Waals surface area contributed by atoms with E-state index in [1.165, 1.54) is 36.8 Å². The molecule has 2 fully saturated rings. The summed E-state index contributed by atoms with van der Waals surface area (Å²) in [5, 5.41) is 7.54. The average Bonchev–Trinajstić information content (AvgIpc) is 3.52. The maximum absolute atomic E-state index is 12.8. The van der Waals surface area contributed by atoms with Crippen LogP contribution >= 0.6 is 0 Å². The Morgan fingerprint density at radius 2 is 1.82 bits per heavy atom. The molecule has 0 radical (unpaired) electrons. The predicted octanol–water partition coefficient (Wildman–Crippen LogP) is 3.52. The van der Waals surface area contributed by atoms with Crippen molar-refractivity contribution in [3.8, 4) is 11.4 Å². The van der Waals surface area contributed by atoms with E-state index in [1.54, 1.807) is 0 Å². The zero-order valence-corrected chi connectivity index (χ0v) is 16.5. The molecule has 1 aromatic heterocycles. The molecule has 0 bridgehead atoms. The van der Waals surface area contributed by atoms with E-state index in [9.17, 15) is 9.59 Å². The van der Waals surface area contributed by atoms with E-state index >= 15 is 0 Å². The van der Waals surface area contributed by atoms with Crippen LogP contribution in [0.25, 0.3) is 11.4 Å². The van der Waals surface area contributed by atoms with E-state index in [2.05, 4.69) is 10.4 Å². The van der Waals surface area contributed by atoms with Gasteiger partial charge in [0.1, 0.15) is 0 Å². The average molecular weight is 383 g/mol. The van der Waals surface area contributed by atoms with E-state index in [-0.39, 0.29) is 17.6 Å². The smallest absolute Gasteiger partial charge is 0.346 e. The molecule has 2 aliphatic carbocycles. The lowest BCUT2D eigenvalue weighted by Crippen LogP contribution is -2.32. The van der Waals surface area contributed by atoms with Gasteiger partial charge in [-0.1, -0.05) is 62.4 Å². The van der Waals surface area contributed by atoms with Crippen molar-refractivity contribution in [3.63, 3.8) is 0 Å². The monoisotopic (exact) mass is 382 g/mol. The summed E-state index contributed by atoms with van der Waals surface area (Å²) >= 11 is 0. The largest absolute Gasteiger partial charge is 0.354 e. The van der Waals surface area contributed by atoms with Crippen molar-refractivity contribution in [3.05, 3.63) is 40.8 Å². The molecule has 0 spiro atoms. The molecule has 0 saturated heterocycles. The molecular weight excluding hydrogens is 352 g/mol. The van der Waals surface area contributed by atoms with Crippen molar-refractivity contribution in [2.24, 2.45) is 5.92 Å². The molecule has 2 aliphatic rings. The Labute approximate surface area is 165 Å². The van der Waals surface area contributed by atoms with Crippen LogP contribution in [-0.4, -0.2) is 26.8 Å². The van der Waals surface area contributed by atoms with Crippen molar-refractivity contribution >= 4 is 5.91 Å². The molecule has 28 heavy (non-hydrogen) atoms. The number of aromatic nitrogens is 3. The van der Waals surface area contributed by atoms with Crippen LogP contribution in [0.3, 0.4) is 0 Å². The lowest BCUT2D eigenvalue weighted by molar-refractivity contribution is -0.121. The Hall–Kier alpha value is -2.37. The van der Waals surface area contributed by atoms with E-state index in [0.717, 1.165) is 30.7 Å². The molecule has 4 rings (SSSR count). The highest BCUT2D eigenvalue weighted by Crippen LogP contribution is 2.36. The normalized spacial score (nSPS) is 17.6. The number of amides is 1. The molecule has 0 aliphatic heterocycles. The zero-order chi connectivity index (χ0) is 19.3. The molecule has 1 amide bonds. The quantitative estimate of drug-likeness (QED) is 0.759. The van der Waals surface area contributed by atoms with Crippen LogP contribution in [-0.2, 0) is 11.3 Å². The number of benzene rings is 1. The summed E-state index contributed by atoms with van der Waals surface area (Å²) < 4.78 is 3.32. The van der Waals surface area contributed by atoms with Gasteiger partial charge in [0, 0.05) is 24.6 Å². The van der Waals surface area contributed by atoms with E-state index in [4.69, 9.17) is 0 Å². The molecule has 2 saturated carbocycles. The molecule has 1 N–H and O–H groups in total. The summed E-state index contributed by atoms with van der Waals surface area (Å²) in [6, 6.07) is 10.1. The van der Waals surface area contributed by atoms with Gasteiger partial charge in [0.05, 0.1) is 6.54 Å². The van der Waals surface area contributed by atoms with Crippen molar-refractivity contribution in [2.45, 2.75) is 70.4 Å². The molecule has 150 valence electrons. The van der Waals surface area contributed by atoms with E-state index in [0.29, 0.717) is 25.4 Å². The maximum atomic E-state index is 12.8. The lowest BCUT2D eigenvalue weighted by Gasteiger charge is -2.20. The first-order valence-electron chi connectivity index (χ1n) is 10.7. The van der Waals surface area contributed by atoms with Gasteiger partial charge in [-0.15, -0.1) is 5.10 Å². The Balaban J connectivity index is 1.33. The maximum Gasteiger partial charge on any atom is 0.346 e. The lowest BCUT2D eigenvalue weighted by atomic mass is 9.86. The molecule has 0 unspecified atom stereocenters. The summed E-state index contributed by atoms with van der Waals surface area (Å²) in [6.45, 7) is 0.854. The van der Waals surface area contributed by atoms with Gasteiger partial charge in [-0.3, -0.25) is 9.36 Å². The van der Waals surface area contributed by atoms with Gasteiger partial charge in [-0.05, 0) is 25.2 Å². The van der Waals surface area contributed by atoms with Gasteiger partial charge in [0.15, 0.2) is 5.82 Å². The summed E-state index contributed by atoms with van der Waals surface area (Å²) in [5.41, 5.74) is 0.888. The van der Waals surface area contributed by atoms with Crippen LogP contribution in [0.2, 0.25) is 0 Å². The van der Waals surface area contributed by atoms with Gasteiger partial charge in [-0.2, -0.15) is 0 Å². The van der Waals surface area contributed by atoms with Crippen molar-refractivity contribution < 1.29 is 4.79 Å². The van der Waals surface area contributed by atoms with E-state index < -0.39 is 0 Å². The van der Waals surface area contributed by atoms with Crippen LogP contribution < -0.4 is 11.0 Å². The number of hydrogen-bond donors (Lipinski definition) is 1. The standard InChI is InChI=1S/C22H30N4O2/c27-20(14-11-17-7-3-1-4-8-17)23-15-16-25-22(28)26(19-12-13-19)21(24-25)18-9-5-2-6-10-18/h2,5-6,9-10,17,19H,1,3-4,7-8,11-16H2,(H,23,27). The van der Waals surface area contributed by atoms with Crippen LogP contribution in [0.5, 0.6) is 0 Å². The Morgan fingerprint density at radius 3 is 2.54 bits per heavy atom. The van der Waals surface area contributed by atoms with Crippen LogP contribution in [0, 0.1) is 5.92 Å². The number of nitrogens with zero attached hydrogens (tertiary/aromatic N) is 3. The van der Waals surface area contributed by atoms with Crippen LogP contribution in [0.4, 0.5) is 0 Å². The first-order valence-corrected chi connectivity index (χ1v) is 10.7. The first kappa shape index (κ1) is 19.0. The fourth-order valence-electron chi connectivity index (χ4n) is 4.21. The second kappa shape index (κ2) is 8.76. The Morgan fingerprint density at radius 1 is 1.07 bits per heavy atom. The van der Waals surface area contributed by atoms with Crippen molar-refractivity contribution in [1.82, 2.24) is 19.7 Å². The highest BCUT2D eigenvalue weighted by atomic mass is 16.2. The molecule has 1 aromatic carbocycles. The summed E-state index contributed by atoms with van der Waals surface area (Å²) in [6.07, 6.45) is 10.1. The highest BCUT2D eigenvalue weighted by molar-refractivity contribution is 5.75. The second-order valence-corrected chi connectivity index (χ2v) is 8.19. The van der Waals surface area contributed by atoms with Gasteiger partial charge in [0.25, 0.3) is 0 Å². The topological polar surface area (TPSA) is 68.9 Å². The summed E-state index contributed by atoms with van der Waals surface area (Å²) in [7, 11) is 0. The highest BCUT2D eigenvalue weighted by Gasteiger charge is 2.30. The van der Waals surface area contributed by atoms with Crippen molar-refractivity contribution in [2.75, 3.05) is 6.54 Å².